The summed E-state index contributed by atoms with van der Waals surface area (Å²) in [7, 11) is 1.97. The summed E-state index contributed by atoms with van der Waals surface area (Å²) in [5, 5.41) is 14.8. The maximum absolute atomic E-state index is 11.0. The molecule has 0 aliphatic carbocycles. The first-order chi connectivity index (χ1) is 9.60. The van der Waals surface area contributed by atoms with E-state index in [0.29, 0.717) is 23.0 Å². The van der Waals surface area contributed by atoms with Gasteiger partial charge in [0.15, 0.2) is 0 Å². The molecular weight excluding hydrogens is 313 g/mol. The van der Waals surface area contributed by atoms with Crippen LogP contribution >= 0.6 is 24.0 Å². The third kappa shape index (κ3) is 5.11. The maximum Gasteiger partial charge on any atom is 0.273 e. The van der Waals surface area contributed by atoms with Crippen molar-refractivity contribution in [3.63, 3.8) is 0 Å². The molecule has 0 atom stereocenters. The minimum absolute atomic E-state index is 0. The van der Waals surface area contributed by atoms with Gasteiger partial charge in [-0.1, -0.05) is 11.6 Å². The Kier molecular flexibility index (Phi) is 7.39. The average Bonchev–Trinajstić information content (AvgIpc) is 2.41. The lowest BCUT2D eigenvalue weighted by atomic mass is 9.96. The second kappa shape index (κ2) is 8.54. The number of nitro groups is 1. The monoisotopic (exact) mass is 333 g/mol. The number of benzene rings is 1. The van der Waals surface area contributed by atoms with Gasteiger partial charge in [0.1, 0.15) is 0 Å². The molecule has 1 saturated heterocycles. The summed E-state index contributed by atoms with van der Waals surface area (Å²) in [5.74, 6) is 0.714. The molecule has 1 aliphatic heterocycles. The van der Waals surface area contributed by atoms with E-state index >= 15 is 0 Å². The Labute approximate surface area is 136 Å². The average molecular weight is 334 g/mol. The molecule has 0 unspecified atom stereocenters. The Morgan fingerprint density at radius 2 is 2.10 bits per heavy atom. The van der Waals surface area contributed by atoms with Gasteiger partial charge in [-0.2, -0.15) is 0 Å². The van der Waals surface area contributed by atoms with Crippen molar-refractivity contribution in [1.29, 1.82) is 0 Å². The molecule has 1 heterocycles. The van der Waals surface area contributed by atoms with Crippen LogP contribution in [0.15, 0.2) is 18.2 Å². The van der Waals surface area contributed by atoms with E-state index in [0.717, 1.165) is 32.5 Å². The molecule has 1 aromatic carbocycles. The third-order valence-corrected chi connectivity index (χ3v) is 4.07. The van der Waals surface area contributed by atoms with Crippen LogP contribution in [0, 0.1) is 16.0 Å². The van der Waals surface area contributed by atoms with E-state index in [1.54, 1.807) is 12.1 Å². The number of nitrogens with zero attached hydrogens (tertiary/aromatic N) is 2. The summed E-state index contributed by atoms with van der Waals surface area (Å²) in [6.07, 6.45) is 2.27. The van der Waals surface area contributed by atoms with Crippen LogP contribution in [-0.2, 0) is 6.54 Å². The Hall–Kier alpha value is -0.880. The van der Waals surface area contributed by atoms with E-state index in [1.165, 1.54) is 6.07 Å². The predicted molar refractivity (Wildman–Crippen MR) is 87.3 cm³/mol. The van der Waals surface area contributed by atoms with Crippen LogP contribution in [-0.4, -0.2) is 36.5 Å². The molecule has 2 rings (SSSR count). The van der Waals surface area contributed by atoms with Gasteiger partial charge in [0.25, 0.3) is 5.69 Å². The number of hydrogen-bond donors (Lipinski definition) is 1. The lowest BCUT2D eigenvalue weighted by Crippen LogP contribution is -2.36. The SMILES string of the molecule is CNCC1CCN(Cc2cc(Cl)ccc2[N+](=O)[O-])CC1.Cl. The van der Waals surface area contributed by atoms with Crippen LogP contribution < -0.4 is 5.32 Å². The van der Waals surface area contributed by atoms with Gasteiger partial charge in [0.05, 0.1) is 4.92 Å². The second-order valence-electron chi connectivity index (χ2n) is 5.31. The highest BCUT2D eigenvalue weighted by atomic mass is 35.5. The normalized spacial score (nSPS) is 16.5. The Bertz CT molecular complexity index is 477. The molecule has 0 amide bonds. The van der Waals surface area contributed by atoms with E-state index < -0.39 is 0 Å². The van der Waals surface area contributed by atoms with Crippen LogP contribution in [0.2, 0.25) is 5.02 Å². The Balaban J connectivity index is 0.00000220. The van der Waals surface area contributed by atoms with E-state index in [4.69, 9.17) is 11.6 Å². The first-order valence-corrected chi connectivity index (χ1v) is 7.27. The summed E-state index contributed by atoms with van der Waals surface area (Å²) in [6.45, 7) is 3.61. The van der Waals surface area contributed by atoms with Crippen LogP contribution in [0.1, 0.15) is 18.4 Å². The van der Waals surface area contributed by atoms with Crippen molar-refractivity contribution in [1.82, 2.24) is 10.2 Å². The molecule has 1 aliphatic rings. The molecule has 0 spiro atoms. The van der Waals surface area contributed by atoms with Gasteiger partial charge in [-0.05, 0) is 57.6 Å². The smallest absolute Gasteiger partial charge is 0.273 e. The lowest BCUT2D eigenvalue weighted by Gasteiger charge is -2.31. The number of piperidine rings is 1. The van der Waals surface area contributed by atoms with E-state index in [2.05, 4.69) is 10.2 Å². The molecule has 0 aromatic heterocycles. The van der Waals surface area contributed by atoms with Crippen LogP contribution in [0.5, 0.6) is 0 Å². The molecule has 0 bridgehead atoms. The lowest BCUT2D eigenvalue weighted by molar-refractivity contribution is -0.385. The fourth-order valence-corrected chi connectivity index (χ4v) is 2.93. The Morgan fingerprint density at radius 1 is 1.43 bits per heavy atom. The number of nitrogens with one attached hydrogen (secondary N) is 1. The first-order valence-electron chi connectivity index (χ1n) is 6.90. The quantitative estimate of drug-likeness (QED) is 0.664. The zero-order valence-electron chi connectivity index (χ0n) is 12.0. The molecule has 7 heteroatoms. The maximum atomic E-state index is 11.0. The molecule has 118 valence electrons. The minimum atomic E-state index is -0.334. The van der Waals surface area contributed by atoms with E-state index in [9.17, 15) is 10.1 Å². The van der Waals surface area contributed by atoms with Gasteiger partial charge >= 0.3 is 0 Å². The third-order valence-electron chi connectivity index (χ3n) is 3.83. The van der Waals surface area contributed by atoms with Crippen molar-refractivity contribution in [2.45, 2.75) is 19.4 Å². The molecule has 1 fully saturated rings. The molecule has 21 heavy (non-hydrogen) atoms. The van der Waals surface area contributed by atoms with Gasteiger partial charge in [0.2, 0.25) is 0 Å². The molecule has 5 nitrogen and oxygen atoms in total. The largest absolute Gasteiger partial charge is 0.319 e. The van der Waals surface area contributed by atoms with Crippen molar-refractivity contribution in [3.8, 4) is 0 Å². The molecular formula is C14H21Cl2N3O2. The number of likely N-dealkylation sites (tertiary alicyclic amines) is 1. The fourth-order valence-electron chi connectivity index (χ4n) is 2.74. The summed E-state index contributed by atoms with van der Waals surface area (Å²) in [4.78, 5) is 13.0. The minimum Gasteiger partial charge on any atom is -0.319 e. The van der Waals surface area contributed by atoms with Crippen molar-refractivity contribution < 1.29 is 4.92 Å². The summed E-state index contributed by atoms with van der Waals surface area (Å²) < 4.78 is 0. The highest BCUT2D eigenvalue weighted by Gasteiger charge is 2.21. The van der Waals surface area contributed by atoms with Crippen molar-refractivity contribution in [2.24, 2.45) is 5.92 Å². The molecule has 0 radical (unpaired) electrons. The van der Waals surface area contributed by atoms with Crippen LogP contribution in [0.4, 0.5) is 5.69 Å². The highest BCUT2D eigenvalue weighted by Crippen LogP contribution is 2.26. The standard InChI is InChI=1S/C14H20ClN3O2.ClH/c1-16-9-11-4-6-17(7-5-11)10-12-8-13(15)2-3-14(12)18(19)20;/h2-3,8,11,16H,4-7,9-10H2,1H3;1H. The molecule has 1 aromatic rings. The Morgan fingerprint density at radius 3 is 2.67 bits per heavy atom. The summed E-state index contributed by atoms with van der Waals surface area (Å²) in [6, 6.07) is 4.77. The van der Waals surface area contributed by atoms with E-state index in [1.807, 2.05) is 7.05 Å². The highest BCUT2D eigenvalue weighted by molar-refractivity contribution is 6.30. The predicted octanol–water partition coefficient (Wildman–Crippen LogP) is 3.10. The van der Waals surface area contributed by atoms with Crippen molar-refractivity contribution >= 4 is 29.7 Å². The van der Waals surface area contributed by atoms with E-state index in [-0.39, 0.29) is 23.0 Å². The number of halogens is 2. The zero-order chi connectivity index (χ0) is 14.5. The first kappa shape index (κ1) is 18.2. The summed E-state index contributed by atoms with van der Waals surface area (Å²) >= 11 is 5.95. The van der Waals surface area contributed by atoms with Gasteiger partial charge in [-0.25, -0.2) is 0 Å². The number of nitro benzene ring substituents is 1. The number of hydrogen-bond acceptors (Lipinski definition) is 4. The number of rotatable bonds is 5. The zero-order valence-corrected chi connectivity index (χ0v) is 13.6. The van der Waals surface area contributed by atoms with Crippen molar-refractivity contribution in [2.75, 3.05) is 26.7 Å². The van der Waals surface area contributed by atoms with Gasteiger partial charge in [-0.3, -0.25) is 15.0 Å². The van der Waals surface area contributed by atoms with Crippen LogP contribution in [0.3, 0.4) is 0 Å². The fraction of sp³-hybridized carbons (Fsp3) is 0.571. The van der Waals surface area contributed by atoms with Crippen molar-refractivity contribution in [3.05, 3.63) is 38.9 Å². The molecule has 1 N–H and O–H groups in total. The van der Waals surface area contributed by atoms with Gasteiger partial charge in [-0.15, -0.1) is 12.4 Å². The second-order valence-corrected chi connectivity index (χ2v) is 5.74. The van der Waals surface area contributed by atoms with Crippen LogP contribution in [0.25, 0.3) is 0 Å². The van der Waals surface area contributed by atoms with Gasteiger partial charge < -0.3 is 5.32 Å². The summed E-state index contributed by atoms with van der Waals surface area (Å²) in [5.41, 5.74) is 0.862. The molecule has 0 saturated carbocycles. The topological polar surface area (TPSA) is 58.4 Å². The van der Waals surface area contributed by atoms with Gasteiger partial charge in [0, 0.05) is 23.2 Å².